The monoisotopic (exact) mass is 294 g/mol. The van der Waals surface area contributed by atoms with Crippen molar-refractivity contribution in [3.05, 3.63) is 23.7 Å². The highest BCUT2D eigenvalue weighted by Gasteiger charge is 2.20. The van der Waals surface area contributed by atoms with Crippen molar-refractivity contribution in [1.82, 2.24) is 10.2 Å². The molecule has 0 radical (unpaired) electrons. The zero-order valence-electron chi connectivity index (χ0n) is 13.1. The van der Waals surface area contributed by atoms with E-state index in [2.05, 4.69) is 17.1 Å². The van der Waals surface area contributed by atoms with Crippen LogP contribution in [-0.4, -0.2) is 43.7 Å². The number of ether oxygens (including phenoxy) is 1. The number of hydrogen-bond donors (Lipinski definition) is 1. The Morgan fingerprint density at radius 3 is 3.05 bits per heavy atom. The number of furan rings is 1. The molecule has 0 aromatic carbocycles. The van der Waals surface area contributed by atoms with Crippen LogP contribution in [0.15, 0.2) is 16.7 Å². The molecule has 0 spiro atoms. The lowest BCUT2D eigenvalue weighted by Crippen LogP contribution is -2.43. The molecule has 0 bridgehead atoms. The molecule has 1 N–H and O–H groups in total. The molecule has 21 heavy (non-hydrogen) atoms. The number of rotatable bonds is 7. The maximum absolute atomic E-state index is 11.7. The fourth-order valence-electron chi connectivity index (χ4n) is 2.92. The molecule has 0 aliphatic carbocycles. The Labute approximate surface area is 126 Å². The van der Waals surface area contributed by atoms with E-state index in [1.54, 1.807) is 6.26 Å². The summed E-state index contributed by atoms with van der Waals surface area (Å²) >= 11 is 0. The van der Waals surface area contributed by atoms with Gasteiger partial charge in [0, 0.05) is 24.7 Å². The fourth-order valence-corrected chi connectivity index (χ4v) is 2.92. The molecule has 5 nitrogen and oxygen atoms in total. The predicted octanol–water partition coefficient (Wildman–Crippen LogP) is 2.42. The van der Waals surface area contributed by atoms with Crippen molar-refractivity contribution in [3.63, 3.8) is 0 Å². The second kappa shape index (κ2) is 8.20. The average Bonchev–Trinajstić information content (AvgIpc) is 2.96. The third-order valence-corrected chi connectivity index (χ3v) is 3.94. The maximum atomic E-state index is 11.7. The van der Waals surface area contributed by atoms with Crippen LogP contribution in [0.5, 0.6) is 0 Å². The molecule has 1 fully saturated rings. The van der Waals surface area contributed by atoms with Gasteiger partial charge in [-0.1, -0.05) is 13.3 Å². The summed E-state index contributed by atoms with van der Waals surface area (Å²) in [4.78, 5) is 14.1. The molecule has 2 heterocycles. The van der Waals surface area contributed by atoms with Gasteiger partial charge in [0.1, 0.15) is 0 Å². The molecule has 118 valence electrons. The lowest BCUT2D eigenvalue weighted by Gasteiger charge is -2.30. The summed E-state index contributed by atoms with van der Waals surface area (Å²) in [7, 11) is 1.38. The molecule has 1 unspecified atom stereocenters. The van der Waals surface area contributed by atoms with Gasteiger partial charge in [-0.3, -0.25) is 4.90 Å². The Balaban J connectivity index is 1.98. The number of nitrogens with one attached hydrogen (secondary N) is 1. The summed E-state index contributed by atoms with van der Waals surface area (Å²) in [6, 6.07) is 2.42. The van der Waals surface area contributed by atoms with Crippen molar-refractivity contribution in [3.8, 4) is 0 Å². The zero-order valence-corrected chi connectivity index (χ0v) is 13.1. The summed E-state index contributed by atoms with van der Waals surface area (Å²) in [5.74, 6) is -0.0718. The summed E-state index contributed by atoms with van der Waals surface area (Å²) in [6.07, 6.45) is 6.47. The first kappa shape index (κ1) is 16.0. The van der Waals surface area contributed by atoms with Crippen molar-refractivity contribution in [2.45, 2.75) is 45.2 Å². The molecule has 1 atom stereocenters. The summed E-state index contributed by atoms with van der Waals surface area (Å²) in [5, 5.41) is 3.58. The Morgan fingerprint density at radius 1 is 1.52 bits per heavy atom. The van der Waals surface area contributed by atoms with Gasteiger partial charge in [0.25, 0.3) is 0 Å². The molecule has 5 heteroatoms. The maximum Gasteiger partial charge on any atom is 0.374 e. The molecule has 1 aromatic rings. The van der Waals surface area contributed by atoms with Crippen LogP contribution in [-0.2, 0) is 11.3 Å². The van der Waals surface area contributed by atoms with Crippen LogP contribution in [0.1, 0.15) is 48.7 Å². The highest BCUT2D eigenvalue weighted by molar-refractivity contribution is 5.87. The van der Waals surface area contributed by atoms with Gasteiger partial charge in [-0.2, -0.15) is 0 Å². The fraction of sp³-hybridized carbons (Fsp3) is 0.688. The smallest absolute Gasteiger partial charge is 0.374 e. The van der Waals surface area contributed by atoms with Crippen LogP contribution in [0.4, 0.5) is 0 Å². The number of carbonyl (C=O) groups is 1. The second-order valence-corrected chi connectivity index (χ2v) is 5.65. The number of carbonyl (C=O) groups excluding carboxylic acids is 1. The first-order chi connectivity index (χ1) is 10.2. The predicted molar refractivity (Wildman–Crippen MR) is 81.3 cm³/mol. The molecule has 2 rings (SSSR count). The van der Waals surface area contributed by atoms with E-state index in [-0.39, 0.29) is 0 Å². The van der Waals surface area contributed by atoms with Crippen LogP contribution in [0.25, 0.3) is 0 Å². The van der Waals surface area contributed by atoms with E-state index in [1.165, 1.54) is 26.4 Å². The normalized spacial score (nSPS) is 18.9. The first-order valence-electron chi connectivity index (χ1n) is 7.85. The standard InChI is InChI=1S/C16H26N2O3/c1-3-9-18(12-14-6-4-5-8-17-14)11-13-7-10-21-15(13)16(19)20-2/h7,10,14,17H,3-6,8-9,11-12H2,1-2H3. The Morgan fingerprint density at radius 2 is 2.38 bits per heavy atom. The van der Waals surface area contributed by atoms with Gasteiger partial charge in [-0.15, -0.1) is 0 Å². The van der Waals surface area contributed by atoms with E-state index < -0.39 is 5.97 Å². The van der Waals surface area contributed by atoms with E-state index >= 15 is 0 Å². The van der Waals surface area contributed by atoms with Crippen LogP contribution in [0.2, 0.25) is 0 Å². The zero-order chi connectivity index (χ0) is 15.1. The van der Waals surface area contributed by atoms with E-state index in [1.807, 2.05) is 6.07 Å². The number of esters is 1. The molecular formula is C16H26N2O3. The van der Waals surface area contributed by atoms with E-state index in [0.717, 1.165) is 38.2 Å². The summed E-state index contributed by atoms with van der Waals surface area (Å²) in [6.45, 7) is 6.05. The van der Waals surface area contributed by atoms with E-state index in [0.29, 0.717) is 11.8 Å². The van der Waals surface area contributed by atoms with Crippen LogP contribution < -0.4 is 5.32 Å². The molecule has 1 aliphatic heterocycles. The lowest BCUT2D eigenvalue weighted by atomic mass is 10.0. The first-order valence-corrected chi connectivity index (χ1v) is 7.85. The van der Waals surface area contributed by atoms with Crippen molar-refractivity contribution in [2.75, 3.05) is 26.7 Å². The largest absolute Gasteiger partial charge is 0.463 e. The second-order valence-electron chi connectivity index (χ2n) is 5.65. The average molecular weight is 294 g/mol. The van der Waals surface area contributed by atoms with Gasteiger partial charge < -0.3 is 14.5 Å². The van der Waals surface area contributed by atoms with Crippen molar-refractivity contribution in [1.29, 1.82) is 0 Å². The minimum Gasteiger partial charge on any atom is -0.463 e. The third kappa shape index (κ3) is 4.58. The van der Waals surface area contributed by atoms with Gasteiger partial charge in [0.2, 0.25) is 5.76 Å². The van der Waals surface area contributed by atoms with Crippen LogP contribution >= 0.6 is 0 Å². The summed E-state index contributed by atoms with van der Waals surface area (Å²) in [5.41, 5.74) is 0.908. The Hall–Kier alpha value is -1.33. The highest BCUT2D eigenvalue weighted by Crippen LogP contribution is 2.16. The van der Waals surface area contributed by atoms with Crippen molar-refractivity contribution in [2.24, 2.45) is 0 Å². The van der Waals surface area contributed by atoms with Gasteiger partial charge in [0.05, 0.1) is 13.4 Å². The van der Waals surface area contributed by atoms with Gasteiger partial charge >= 0.3 is 5.97 Å². The molecule has 1 aliphatic rings. The molecule has 0 amide bonds. The minimum absolute atomic E-state index is 0.329. The Bertz CT molecular complexity index is 438. The number of methoxy groups -OCH3 is 1. The molecule has 0 saturated carbocycles. The summed E-state index contributed by atoms with van der Waals surface area (Å²) < 4.78 is 10.0. The molecule has 1 aromatic heterocycles. The molecule has 1 saturated heterocycles. The third-order valence-electron chi connectivity index (χ3n) is 3.94. The minimum atomic E-state index is -0.401. The van der Waals surface area contributed by atoms with Gasteiger partial charge in [-0.25, -0.2) is 4.79 Å². The molecular weight excluding hydrogens is 268 g/mol. The number of hydrogen-bond acceptors (Lipinski definition) is 5. The lowest BCUT2D eigenvalue weighted by molar-refractivity contribution is 0.0561. The van der Waals surface area contributed by atoms with Crippen molar-refractivity contribution >= 4 is 5.97 Å². The Kier molecular flexibility index (Phi) is 6.26. The number of piperidine rings is 1. The topological polar surface area (TPSA) is 54.7 Å². The SMILES string of the molecule is CCCN(Cc1ccoc1C(=O)OC)CC1CCCCN1. The quantitative estimate of drug-likeness (QED) is 0.783. The van der Waals surface area contributed by atoms with Crippen LogP contribution in [0, 0.1) is 0 Å². The van der Waals surface area contributed by atoms with E-state index in [4.69, 9.17) is 9.15 Å². The van der Waals surface area contributed by atoms with E-state index in [9.17, 15) is 4.79 Å². The highest BCUT2D eigenvalue weighted by atomic mass is 16.5. The van der Waals surface area contributed by atoms with Gasteiger partial charge in [-0.05, 0) is 38.4 Å². The number of nitrogens with zero attached hydrogens (tertiary/aromatic N) is 1. The van der Waals surface area contributed by atoms with Gasteiger partial charge in [0.15, 0.2) is 0 Å². The van der Waals surface area contributed by atoms with Crippen molar-refractivity contribution < 1.29 is 13.9 Å². The van der Waals surface area contributed by atoms with Crippen LogP contribution in [0.3, 0.4) is 0 Å².